The molecule has 0 aliphatic heterocycles. The van der Waals surface area contributed by atoms with Crippen molar-refractivity contribution in [3.05, 3.63) is 35.9 Å². The quantitative estimate of drug-likeness (QED) is 0.844. The molecule has 2 amide bonds. The molecule has 0 bridgehead atoms. The van der Waals surface area contributed by atoms with Crippen LogP contribution in [0.15, 0.2) is 30.3 Å². The van der Waals surface area contributed by atoms with E-state index >= 15 is 0 Å². The first-order valence-corrected chi connectivity index (χ1v) is 9.14. The van der Waals surface area contributed by atoms with E-state index in [0.29, 0.717) is 0 Å². The maximum atomic E-state index is 12.1. The number of carbonyl (C=O) groups excluding carboxylic acids is 2. The fraction of sp³-hybridized carbons (Fsp3) is 0.600. The molecule has 1 aromatic rings. The van der Waals surface area contributed by atoms with E-state index in [1.54, 1.807) is 0 Å². The lowest BCUT2D eigenvalue weighted by Gasteiger charge is -2.38. The van der Waals surface area contributed by atoms with Gasteiger partial charge in [-0.1, -0.05) is 30.3 Å². The molecule has 2 N–H and O–H groups in total. The third-order valence-corrected chi connectivity index (χ3v) is 4.43. The molecule has 6 heteroatoms. The average molecular weight is 362 g/mol. The molecular weight excluding hydrogens is 332 g/mol. The molecule has 1 saturated carbocycles. The van der Waals surface area contributed by atoms with E-state index in [4.69, 9.17) is 9.47 Å². The molecular formula is C20H30N2O4. The fourth-order valence-electron chi connectivity index (χ4n) is 3.00. The molecule has 0 unspecified atom stereocenters. The maximum absolute atomic E-state index is 12.1. The van der Waals surface area contributed by atoms with Crippen molar-refractivity contribution in [2.45, 2.75) is 77.2 Å². The van der Waals surface area contributed by atoms with Crippen molar-refractivity contribution in [1.29, 1.82) is 0 Å². The Kier molecular flexibility index (Phi) is 6.51. The van der Waals surface area contributed by atoms with Crippen molar-refractivity contribution in [3.63, 3.8) is 0 Å². The summed E-state index contributed by atoms with van der Waals surface area (Å²) >= 11 is 0. The summed E-state index contributed by atoms with van der Waals surface area (Å²) < 4.78 is 10.6. The average Bonchev–Trinajstić information content (AvgIpc) is 2.54. The smallest absolute Gasteiger partial charge is 0.407 e. The Morgan fingerprint density at radius 1 is 1.12 bits per heavy atom. The number of hydrogen-bond acceptors (Lipinski definition) is 4. The van der Waals surface area contributed by atoms with Crippen LogP contribution in [0.2, 0.25) is 0 Å². The first kappa shape index (κ1) is 20.1. The predicted molar refractivity (Wildman–Crippen MR) is 99.8 cm³/mol. The van der Waals surface area contributed by atoms with Gasteiger partial charge in [0.2, 0.25) is 0 Å². The number of carbonyl (C=O) groups is 2. The van der Waals surface area contributed by atoms with E-state index in [1.165, 1.54) is 0 Å². The molecule has 0 radical (unpaired) electrons. The minimum absolute atomic E-state index is 0.0695. The highest BCUT2D eigenvalue weighted by Crippen LogP contribution is 2.28. The SMILES string of the molecule is CC1(NC(=O)OCc2ccccc2)CCC(NC(=O)OC(C)(C)C)CC1. The van der Waals surface area contributed by atoms with Gasteiger partial charge in [-0.25, -0.2) is 9.59 Å². The summed E-state index contributed by atoms with van der Waals surface area (Å²) in [6.07, 6.45) is 2.32. The van der Waals surface area contributed by atoms with Crippen LogP contribution in [0.25, 0.3) is 0 Å². The fourth-order valence-corrected chi connectivity index (χ4v) is 3.00. The standard InChI is InChI=1S/C20H30N2O4/c1-19(2,3)26-17(23)21-16-10-12-20(4,13-11-16)22-18(24)25-14-15-8-6-5-7-9-15/h5-9,16H,10-14H2,1-4H3,(H,21,23)(H,22,24). The number of nitrogens with one attached hydrogen (secondary N) is 2. The highest BCUT2D eigenvalue weighted by atomic mass is 16.6. The van der Waals surface area contributed by atoms with Crippen LogP contribution in [-0.2, 0) is 16.1 Å². The highest BCUT2D eigenvalue weighted by molar-refractivity contribution is 5.69. The number of hydrogen-bond donors (Lipinski definition) is 2. The van der Waals surface area contributed by atoms with Crippen LogP contribution in [0, 0.1) is 0 Å². The number of alkyl carbamates (subject to hydrolysis) is 2. The third-order valence-electron chi connectivity index (χ3n) is 4.43. The van der Waals surface area contributed by atoms with Crippen LogP contribution in [0.3, 0.4) is 0 Å². The van der Waals surface area contributed by atoms with Crippen molar-refractivity contribution in [3.8, 4) is 0 Å². The van der Waals surface area contributed by atoms with Gasteiger partial charge in [0.25, 0.3) is 0 Å². The first-order chi connectivity index (χ1) is 12.2. The Balaban J connectivity index is 1.73. The van der Waals surface area contributed by atoms with E-state index in [2.05, 4.69) is 10.6 Å². The van der Waals surface area contributed by atoms with Gasteiger partial charge in [-0.05, 0) is 58.9 Å². The van der Waals surface area contributed by atoms with Crippen LogP contribution in [-0.4, -0.2) is 29.4 Å². The minimum Gasteiger partial charge on any atom is -0.445 e. The van der Waals surface area contributed by atoms with Gasteiger partial charge in [-0.2, -0.15) is 0 Å². The lowest BCUT2D eigenvalue weighted by molar-refractivity contribution is 0.0477. The molecule has 0 aromatic heterocycles. The van der Waals surface area contributed by atoms with E-state index in [1.807, 2.05) is 58.0 Å². The van der Waals surface area contributed by atoms with E-state index in [0.717, 1.165) is 31.2 Å². The minimum atomic E-state index is -0.503. The zero-order chi connectivity index (χ0) is 19.2. The number of rotatable bonds is 4. The molecule has 0 atom stereocenters. The maximum Gasteiger partial charge on any atom is 0.407 e. The number of amides is 2. The summed E-state index contributed by atoms with van der Waals surface area (Å²) in [5.74, 6) is 0. The topological polar surface area (TPSA) is 76.7 Å². The lowest BCUT2D eigenvalue weighted by atomic mass is 9.81. The second-order valence-corrected chi connectivity index (χ2v) is 8.17. The van der Waals surface area contributed by atoms with Crippen LogP contribution in [0.4, 0.5) is 9.59 Å². The first-order valence-electron chi connectivity index (χ1n) is 9.14. The van der Waals surface area contributed by atoms with Crippen LogP contribution in [0.1, 0.15) is 58.9 Å². The molecule has 1 aromatic carbocycles. The van der Waals surface area contributed by atoms with Crippen molar-refractivity contribution >= 4 is 12.2 Å². The summed E-state index contributed by atoms with van der Waals surface area (Å²) in [4.78, 5) is 23.9. The van der Waals surface area contributed by atoms with E-state index in [9.17, 15) is 9.59 Å². The lowest BCUT2D eigenvalue weighted by Crippen LogP contribution is -2.51. The summed E-state index contributed by atoms with van der Waals surface area (Å²) in [6, 6.07) is 9.66. The van der Waals surface area contributed by atoms with Gasteiger partial charge in [0.05, 0.1) is 0 Å². The zero-order valence-corrected chi connectivity index (χ0v) is 16.1. The van der Waals surface area contributed by atoms with Crippen molar-refractivity contribution in [2.24, 2.45) is 0 Å². The molecule has 1 aliphatic carbocycles. The van der Waals surface area contributed by atoms with E-state index < -0.39 is 11.7 Å². The molecule has 6 nitrogen and oxygen atoms in total. The Hall–Kier alpha value is -2.24. The van der Waals surface area contributed by atoms with Gasteiger partial charge in [0.1, 0.15) is 12.2 Å². The molecule has 0 heterocycles. The number of benzene rings is 1. The monoisotopic (exact) mass is 362 g/mol. The molecule has 26 heavy (non-hydrogen) atoms. The van der Waals surface area contributed by atoms with Crippen molar-refractivity contribution < 1.29 is 19.1 Å². The second-order valence-electron chi connectivity index (χ2n) is 8.17. The molecule has 0 spiro atoms. The van der Waals surface area contributed by atoms with Gasteiger partial charge in [0.15, 0.2) is 0 Å². The molecule has 0 saturated heterocycles. The summed E-state index contributed by atoms with van der Waals surface area (Å²) in [6.45, 7) is 7.80. The summed E-state index contributed by atoms with van der Waals surface area (Å²) in [5, 5.41) is 5.88. The second kappa shape index (κ2) is 8.43. The Labute approximate surface area is 155 Å². The van der Waals surface area contributed by atoms with Gasteiger partial charge in [0, 0.05) is 11.6 Å². The predicted octanol–water partition coefficient (Wildman–Crippen LogP) is 4.14. The summed E-state index contributed by atoms with van der Waals surface area (Å²) in [7, 11) is 0. The van der Waals surface area contributed by atoms with E-state index in [-0.39, 0.29) is 24.3 Å². The van der Waals surface area contributed by atoms with Crippen LogP contribution in [0.5, 0.6) is 0 Å². The van der Waals surface area contributed by atoms with Gasteiger partial charge < -0.3 is 20.1 Å². The molecule has 2 rings (SSSR count). The van der Waals surface area contributed by atoms with Gasteiger partial charge in [-0.15, -0.1) is 0 Å². The Bertz CT molecular complexity index is 602. The van der Waals surface area contributed by atoms with Crippen molar-refractivity contribution in [1.82, 2.24) is 10.6 Å². The Morgan fingerprint density at radius 2 is 1.73 bits per heavy atom. The highest BCUT2D eigenvalue weighted by Gasteiger charge is 2.34. The van der Waals surface area contributed by atoms with Crippen LogP contribution < -0.4 is 10.6 Å². The largest absolute Gasteiger partial charge is 0.445 e. The zero-order valence-electron chi connectivity index (χ0n) is 16.1. The normalized spacial score (nSPS) is 23.0. The van der Waals surface area contributed by atoms with Crippen LogP contribution >= 0.6 is 0 Å². The molecule has 1 aliphatic rings. The van der Waals surface area contributed by atoms with Gasteiger partial charge >= 0.3 is 12.2 Å². The molecule has 1 fully saturated rings. The number of ether oxygens (including phenoxy) is 2. The van der Waals surface area contributed by atoms with Gasteiger partial charge in [-0.3, -0.25) is 0 Å². The Morgan fingerprint density at radius 3 is 2.31 bits per heavy atom. The summed E-state index contributed by atoms with van der Waals surface area (Å²) in [5.41, 5.74) is 0.134. The third kappa shape index (κ3) is 6.94. The van der Waals surface area contributed by atoms with Crippen molar-refractivity contribution in [2.75, 3.05) is 0 Å². The molecule has 144 valence electrons.